The van der Waals surface area contributed by atoms with Crippen LogP contribution in [0.1, 0.15) is 28.4 Å². The molecule has 0 atom stereocenters. The highest BCUT2D eigenvalue weighted by atomic mass is 32.2. The van der Waals surface area contributed by atoms with Gasteiger partial charge in [0.25, 0.3) is 10.0 Å². The van der Waals surface area contributed by atoms with Crippen molar-refractivity contribution in [1.29, 1.82) is 0 Å². The number of allylic oxidation sites excluding steroid dienone is 1. The molecule has 0 unspecified atom stereocenters. The van der Waals surface area contributed by atoms with Crippen molar-refractivity contribution in [3.63, 3.8) is 0 Å². The molecule has 24 heavy (non-hydrogen) atoms. The van der Waals surface area contributed by atoms with E-state index in [2.05, 4.69) is 0 Å². The summed E-state index contributed by atoms with van der Waals surface area (Å²) in [6.07, 6.45) is 0. The maximum atomic E-state index is 12.9. The van der Waals surface area contributed by atoms with Crippen LogP contribution >= 0.6 is 0 Å². The summed E-state index contributed by atoms with van der Waals surface area (Å²) in [5.41, 5.74) is 1.26. The standard InChI is InChI=1S/C18H17NO4S/c1-3-19-16(17(20)13-10-8-12(2)9-11-13)18(21)14-6-4-5-7-15(14)24(19,22)23/h4-11,21H,3H2,1-2H3. The number of aryl methyl sites for hydroxylation is 1. The van der Waals surface area contributed by atoms with Crippen LogP contribution in [0.2, 0.25) is 0 Å². The summed E-state index contributed by atoms with van der Waals surface area (Å²) in [6, 6.07) is 12.9. The van der Waals surface area contributed by atoms with Crippen LogP contribution in [0, 0.1) is 6.92 Å². The van der Waals surface area contributed by atoms with Gasteiger partial charge in [0.15, 0.2) is 5.76 Å². The number of hydrogen-bond acceptors (Lipinski definition) is 4. The zero-order valence-electron chi connectivity index (χ0n) is 13.4. The number of nitrogens with zero attached hydrogens (tertiary/aromatic N) is 1. The van der Waals surface area contributed by atoms with Crippen LogP contribution in [0.5, 0.6) is 0 Å². The van der Waals surface area contributed by atoms with Crippen molar-refractivity contribution in [3.8, 4) is 0 Å². The molecule has 124 valence electrons. The predicted molar refractivity (Wildman–Crippen MR) is 91.1 cm³/mol. The van der Waals surface area contributed by atoms with Gasteiger partial charge in [0.05, 0.1) is 4.90 Å². The molecule has 1 aliphatic heterocycles. The predicted octanol–water partition coefficient (Wildman–Crippen LogP) is 3.13. The van der Waals surface area contributed by atoms with Gasteiger partial charge < -0.3 is 5.11 Å². The van der Waals surface area contributed by atoms with Crippen molar-refractivity contribution < 1.29 is 18.3 Å². The average molecular weight is 343 g/mol. The van der Waals surface area contributed by atoms with Crippen molar-refractivity contribution in [2.24, 2.45) is 0 Å². The molecule has 5 nitrogen and oxygen atoms in total. The van der Waals surface area contributed by atoms with Crippen LogP contribution in [0.15, 0.2) is 59.1 Å². The molecule has 0 amide bonds. The second kappa shape index (κ2) is 5.79. The summed E-state index contributed by atoms with van der Waals surface area (Å²) in [6.45, 7) is 3.57. The lowest BCUT2D eigenvalue weighted by Gasteiger charge is -2.30. The van der Waals surface area contributed by atoms with Gasteiger partial charge in [0.1, 0.15) is 5.70 Å². The molecule has 0 aliphatic carbocycles. The molecule has 0 saturated carbocycles. The summed E-state index contributed by atoms with van der Waals surface area (Å²) >= 11 is 0. The van der Waals surface area contributed by atoms with E-state index in [0.717, 1.165) is 9.87 Å². The number of aliphatic hydroxyl groups is 1. The van der Waals surface area contributed by atoms with Gasteiger partial charge in [-0.25, -0.2) is 8.42 Å². The van der Waals surface area contributed by atoms with Crippen LogP contribution < -0.4 is 0 Å². The molecule has 0 radical (unpaired) electrons. The minimum Gasteiger partial charge on any atom is -0.505 e. The smallest absolute Gasteiger partial charge is 0.265 e. The Kier molecular flexibility index (Phi) is 3.93. The molecule has 1 aliphatic rings. The van der Waals surface area contributed by atoms with Gasteiger partial charge in [-0.05, 0) is 26.0 Å². The molecule has 0 aromatic heterocycles. The largest absolute Gasteiger partial charge is 0.505 e. The minimum absolute atomic E-state index is 0.00445. The van der Waals surface area contributed by atoms with Gasteiger partial charge in [0.2, 0.25) is 5.78 Å². The molecule has 1 heterocycles. The summed E-state index contributed by atoms with van der Waals surface area (Å²) in [4.78, 5) is 12.9. The summed E-state index contributed by atoms with van der Waals surface area (Å²) in [5, 5.41) is 10.6. The van der Waals surface area contributed by atoms with Gasteiger partial charge in [-0.1, -0.05) is 42.0 Å². The van der Waals surface area contributed by atoms with E-state index in [4.69, 9.17) is 0 Å². The molecule has 0 fully saturated rings. The fourth-order valence-electron chi connectivity index (χ4n) is 2.76. The molecule has 6 heteroatoms. The number of Topliss-reactive ketones (excluding diaryl/α,β-unsaturated/α-hetero) is 1. The lowest BCUT2D eigenvalue weighted by atomic mass is 10.0. The first kappa shape index (κ1) is 16.3. The van der Waals surface area contributed by atoms with E-state index in [-0.39, 0.29) is 28.5 Å². The fourth-order valence-corrected chi connectivity index (χ4v) is 4.44. The Labute approximate surface area is 140 Å². The zero-order valence-corrected chi connectivity index (χ0v) is 14.2. The number of likely N-dealkylation sites (N-methyl/N-ethyl adjacent to an activating group) is 1. The highest BCUT2D eigenvalue weighted by molar-refractivity contribution is 7.89. The zero-order chi connectivity index (χ0) is 17.5. The van der Waals surface area contributed by atoms with Crippen LogP contribution in [-0.2, 0) is 10.0 Å². The number of hydrogen-bond donors (Lipinski definition) is 1. The maximum Gasteiger partial charge on any atom is 0.265 e. The molecule has 0 saturated heterocycles. The Hall–Kier alpha value is -2.60. The number of carbonyl (C=O) groups excluding carboxylic acids is 1. The van der Waals surface area contributed by atoms with Crippen molar-refractivity contribution in [3.05, 3.63) is 70.9 Å². The van der Waals surface area contributed by atoms with Gasteiger partial charge in [-0.3, -0.25) is 9.10 Å². The third-order valence-corrected chi connectivity index (χ3v) is 5.93. The number of ketones is 1. The summed E-state index contributed by atoms with van der Waals surface area (Å²) < 4.78 is 26.6. The SMILES string of the molecule is CCN1C(C(=O)c2ccc(C)cc2)=C(O)c2ccccc2S1(=O)=O. The Morgan fingerprint density at radius 3 is 2.33 bits per heavy atom. The summed E-state index contributed by atoms with van der Waals surface area (Å²) in [5.74, 6) is -0.833. The lowest BCUT2D eigenvalue weighted by molar-refractivity contribution is 0.101. The first-order valence-electron chi connectivity index (χ1n) is 7.54. The molecule has 3 rings (SSSR count). The topological polar surface area (TPSA) is 74.7 Å². The molecule has 2 aromatic rings. The van der Waals surface area contributed by atoms with E-state index in [9.17, 15) is 18.3 Å². The Bertz CT molecular complexity index is 943. The van der Waals surface area contributed by atoms with Crippen molar-refractivity contribution in [2.45, 2.75) is 18.7 Å². The van der Waals surface area contributed by atoms with E-state index in [0.29, 0.717) is 5.56 Å². The number of sulfonamides is 1. The lowest BCUT2D eigenvalue weighted by Crippen LogP contribution is -2.37. The van der Waals surface area contributed by atoms with E-state index in [1.165, 1.54) is 12.1 Å². The van der Waals surface area contributed by atoms with Crippen molar-refractivity contribution in [2.75, 3.05) is 6.54 Å². The van der Waals surface area contributed by atoms with Crippen molar-refractivity contribution in [1.82, 2.24) is 4.31 Å². The highest BCUT2D eigenvalue weighted by Gasteiger charge is 2.39. The number of rotatable bonds is 3. The molecule has 1 N–H and O–H groups in total. The Balaban J connectivity index is 2.24. The highest BCUT2D eigenvalue weighted by Crippen LogP contribution is 2.36. The van der Waals surface area contributed by atoms with Gasteiger partial charge in [-0.15, -0.1) is 0 Å². The van der Waals surface area contributed by atoms with Gasteiger partial charge >= 0.3 is 0 Å². The second-order valence-corrected chi connectivity index (χ2v) is 7.39. The van der Waals surface area contributed by atoms with E-state index < -0.39 is 15.8 Å². The first-order valence-corrected chi connectivity index (χ1v) is 8.98. The number of fused-ring (bicyclic) bond motifs is 1. The second-order valence-electron chi connectivity index (χ2n) is 5.56. The third-order valence-electron chi connectivity index (χ3n) is 4.00. The first-order chi connectivity index (χ1) is 11.4. The van der Waals surface area contributed by atoms with Gasteiger partial charge in [0, 0.05) is 17.7 Å². The van der Waals surface area contributed by atoms with Crippen LogP contribution in [-0.4, -0.2) is 30.2 Å². The van der Waals surface area contributed by atoms with Crippen LogP contribution in [0.4, 0.5) is 0 Å². The number of benzene rings is 2. The Morgan fingerprint density at radius 2 is 1.71 bits per heavy atom. The average Bonchev–Trinajstić information content (AvgIpc) is 2.58. The Morgan fingerprint density at radius 1 is 1.08 bits per heavy atom. The maximum absolute atomic E-state index is 12.9. The monoisotopic (exact) mass is 343 g/mol. The molecular weight excluding hydrogens is 326 g/mol. The van der Waals surface area contributed by atoms with E-state index in [1.54, 1.807) is 43.3 Å². The third kappa shape index (κ3) is 2.39. The van der Waals surface area contributed by atoms with Crippen molar-refractivity contribution >= 4 is 21.6 Å². The molecular formula is C18H17NO4S. The fraction of sp³-hybridized carbons (Fsp3) is 0.167. The summed E-state index contributed by atoms with van der Waals surface area (Å²) in [7, 11) is -3.88. The quantitative estimate of drug-likeness (QED) is 0.869. The van der Waals surface area contributed by atoms with E-state index >= 15 is 0 Å². The van der Waals surface area contributed by atoms with Gasteiger partial charge in [-0.2, -0.15) is 0 Å². The van der Waals surface area contributed by atoms with E-state index in [1.807, 2.05) is 6.92 Å². The molecule has 2 aromatic carbocycles. The molecule has 0 bridgehead atoms. The van der Waals surface area contributed by atoms with Crippen LogP contribution in [0.3, 0.4) is 0 Å². The molecule has 0 spiro atoms. The number of aliphatic hydroxyl groups excluding tert-OH is 1. The minimum atomic E-state index is -3.88. The number of carbonyl (C=O) groups is 1. The normalized spacial score (nSPS) is 16.0. The van der Waals surface area contributed by atoms with Crippen LogP contribution in [0.25, 0.3) is 5.76 Å².